The van der Waals surface area contributed by atoms with Crippen LogP contribution in [0.5, 0.6) is 0 Å². The van der Waals surface area contributed by atoms with Crippen molar-refractivity contribution in [2.24, 2.45) is 11.1 Å². The van der Waals surface area contributed by atoms with E-state index in [1.54, 1.807) is 4.90 Å². The predicted octanol–water partition coefficient (Wildman–Crippen LogP) is 1.52. The Morgan fingerprint density at radius 1 is 1.25 bits per heavy atom. The number of piperidine rings is 1. The van der Waals surface area contributed by atoms with E-state index >= 15 is 0 Å². The van der Waals surface area contributed by atoms with Crippen molar-refractivity contribution >= 4 is 12.0 Å². The van der Waals surface area contributed by atoms with Crippen LogP contribution >= 0.6 is 0 Å². The molecule has 6 nitrogen and oxygen atoms in total. The Labute approximate surface area is 120 Å². The van der Waals surface area contributed by atoms with Gasteiger partial charge in [0.2, 0.25) is 5.91 Å². The van der Waals surface area contributed by atoms with Gasteiger partial charge in [0.15, 0.2) is 0 Å². The molecule has 2 N–H and O–H groups in total. The number of hydrogen-bond acceptors (Lipinski definition) is 4. The summed E-state index contributed by atoms with van der Waals surface area (Å²) in [6.07, 6.45) is 0.386. The van der Waals surface area contributed by atoms with Gasteiger partial charge in [0.25, 0.3) is 0 Å². The third kappa shape index (κ3) is 4.10. The van der Waals surface area contributed by atoms with E-state index in [0.717, 1.165) is 0 Å². The summed E-state index contributed by atoms with van der Waals surface area (Å²) < 4.78 is 10.6. The zero-order valence-corrected chi connectivity index (χ0v) is 13.1. The van der Waals surface area contributed by atoms with E-state index < -0.39 is 17.6 Å². The normalized spacial score (nSPS) is 20.4. The Morgan fingerprint density at radius 3 is 2.10 bits per heavy atom. The zero-order valence-electron chi connectivity index (χ0n) is 13.1. The largest absolute Gasteiger partial charge is 0.444 e. The lowest BCUT2D eigenvalue weighted by molar-refractivity contribution is -0.138. The molecule has 1 aliphatic rings. The lowest BCUT2D eigenvalue weighted by atomic mass is 9.75. The first kappa shape index (κ1) is 16.8. The van der Waals surface area contributed by atoms with Crippen LogP contribution in [-0.4, -0.2) is 48.8 Å². The van der Waals surface area contributed by atoms with Gasteiger partial charge in [0.05, 0.1) is 0 Å². The molecule has 1 aliphatic heterocycles. The van der Waals surface area contributed by atoms with Crippen molar-refractivity contribution < 1.29 is 19.1 Å². The summed E-state index contributed by atoms with van der Waals surface area (Å²) in [7, 11) is 1.49. The molecule has 0 radical (unpaired) electrons. The summed E-state index contributed by atoms with van der Waals surface area (Å²) in [6.45, 7) is 8.57. The van der Waals surface area contributed by atoms with Crippen LogP contribution < -0.4 is 5.73 Å². The number of likely N-dealkylation sites (tertiary alicyclic amines) is 1. The van der Waals surface area contributed by atoms with Crippen molar-refractivity contribution in [3.05, 3.63) is 0 Å². The first-order valence-corrected chi connectivity index (χ1v) is 6.89. The molecule has 116 valence electrons. The number of methoxy groups -OCH3 is 1. The third-order valence-electron chi connectivity index (χ3n) is 3.68. The summed E-state index contributed by atoms with van der Waals surface area (Å²) in [5.74, 6) is -0.458. The molecule has 0 aromatic rings. The zero-order chi connectivity index (χ0) is 15.6. The van der Waals surface area contributed by atoms with E-state index in [1.807, 2.05) is 27.7 Å². The van der Waals surface area contributed by atoms with Crippen LogP contribution in [0.1, 0.15) is 40.5 Å². The van der Waals surface area contributed by atoms with Gasteiger partial charge < -0.3 is 20.1 Å². The molecule has 0 aromatic carbocycles. The average molecular weight is 286 g/mol. The van der Waals surface area contributed by atoms with E-state index in [4.69, 9.17) is 15.2 Å². The second-order valence-electron chi connectivity index (χ2n) is 6.64. The van der Waals surface area contributed by atoms with Crippen LogP contribution in [0, 0.1) is 5.41 Å². The van der Waals surface area contributed by atoms with Gasteiger partial charge in [-0.15, -0.1) is 0 Å². The van der Waals surface area contributed by atoms with E-state index in [2.05, 4.69) is 0 Å². The summed E-state index contributed by atoms with van der Waals surface area (Å²) in [4.78, 5) is 25.1. The minimum Gasteiger partial charge on any atom is -0.444 e. The minimum absolute atomic E-state index is 0.312. The van der Waals surface area contributed by atoms with Crippen LogP contribution in [0.15, 0.2) is 0 Å². The SMILES string of the molecule is COC(C(N)=O)C1(C)CCN(C(=O)OC(C)(C)C)CC1. The minimum atomic E-state index is -0.622. The van der Waals surface area contributed by atoms with Gasteiger partial charge in [-0.05, 0) is 33.6 Å². The predicted molar refractivity (Wildman–Crippen MR) is 75.1 cm³/mol. The quantitative estimate of drug-likeness (QED) is 0.853. The number of nitrogens with two attached hydrogens (primary N) is 1. The molecular formula is C14H26N2O4. The molecule has 2 amide bonds. The number of amides is 2. The molecule has 1 heterocycles. The highest BCUT2D eigenvalue weighted by Gasteiger charge is 2.42. The van der Waals surface area contributed by atoms with Crippen molar-refractivity contribution in [1.29, 1.82) is 0 Å². The Kier molecular flexibility index (Phi) is 5.02. The van der Waals surface area contributed by atoms with Crippen LogP contribution in [0.25, 0.3) is 0 Å². The van der Waals surface area contributed by atoms with Crippen LogP contribution in [0.3, 0.4) is 0 Å². The topological polar surface area (TPSA) is 81.9 Å². The summed E-state index contributed by atoms with van der Waals surface area (Å²) in [5.41, 5.74) is 4.54. The number of carbonyl (C=O) groups excluding carboxylic acids is 2. The highest BCUT2D eigenvalue weighted by atomic mass is 16.6. The van der Waals surface area contributed by atoms with Gasteiger partial charge in [0, 0.05) is 25.6 Å². The van der Waals surface area contributed by atoms with Crippen molar-refractivity contribution in [3.8, 4) is 0 Å². The molecule has 0 spiro atoms. The lowest BCUT2D eigenvalue weighted by Crippen LogP contribution is -2.52. The lowest BCUT2D eigenvalue weighted by Gasteiger charge is -2.42. The van der Waals surface area contributed by atoms with Gasteiger partial charge in [-0.3, -0.25) is 4.79 Å². The Balaban J connectivity index is 2.63. The van der Waals surface area contributed by atoms with Gasteiger partial charge in [-0.1, -0.05) is 6.92 Å². The standard InChI is InChI=1S/C14H26N2O4/c1-13(2,3)20-12(18)16-8-6-14(4,7-9-16)10(19-5)11(15)17/h10H,6-9H2,1-5H3,(H2,15,17). The van der Waals surface area contributed by atoms with E-state index in [-0.39, 0.29) is 11.5 Å². The molecule has 1 rings (SSSR count). The molecule has 6 heteroatoms. The van der Waals surface area contributed by atoms with Gasteiger partial charge >= 0.3 is 6.09 Å². The highest BCUT2D eigenvalue weighted by molar-refractivity contribution is 5.80. The van der Waals surface area contributed by atoms with E-state index in [1.165, 1.54) is 7.11 Å². The summed E-state index contributed by atoms with van der Waals surface area (Å²) >= 11 is 0. The smallest absolute Gasteiger partial charge is 0.410 e. The number of carbonyl (C=O) groups is 2. The van der Waals surface area contributed by atoms with Crippen molar-refractivity contribution in [1.82, 2.24) is 4.90 Å². The summed E-state index contributed by atoms with van der Waals surface area (Å²) in [6, 6.07) is 0. The average Bonchev–Trinajstić information content (AvgIpc) is 2.27. The van der Waals surface area contributed by atoms with Gasteiger partial charge in [-0.25, -0.2) is 4.79 Å². The maximum atomic E-state index is 12.0. The fourth-order valence-corrected chi connectivity index (χ4v) is 2.53. The van der Waals surface area contributed by atoms with Crippen LogP contribution in [-0.2, 0) is 14.3 Å². The Bertz CT molecular complexity index is 368. The fraction of sp³-hybridized carbons (Fsp3) is 0.857. The van der Waals surface area contributed by atoms with Crippen LogP contribution in [0.4, 0.5) is 4.79 Å². The second kappa shape index (κ2) is 5.99. The van der Waals surface area contributed by atoms with Crippen LogP contribution in [0.2, 0.25) is 0 Å². The number of nitrogens with zero attached hydrogens (tertiary/aromatic N) is 1. The maximum absolute atomic E-state index is 12.0. The first-order valence-electron chi connectivity index (χ1n) is 6.89. The highest BCUT2D eigenvalue weighted by Crippen LogP contribution is 2.36. The molecule has 0 saturated carbocycles. The molecule has 20 heavy (non-hydrogen) atoms. The molecule has 1 atom stereocenters. The third-order valence-corrected chi connectivity index (χ3v) is 3.68. The number of rotatable bonds is 3. The summed E-state index contributed by atoms with van der Waals surface area (Å²) in [5, 5.41) is 0. The molecule has 1 saturated heterocycles. The number of primary amides is 1. The van der Waals surface area contributed by atoms with Crippen molar-refractivity contribution in [2.75, 3.05) is 20.2 Å². The molecule has 0 aliphatic carbocycles. The van der Waals surface area contributed by atoms with E-state index in [9.17, 15) is 9.59 Å². The Morgan fingerprint density at radius 2 is 1.75 bits per heavy atom. The van der Waals surface area contributed by atoms with E-state index in [0.29, 0.717) is 25.9 Å². The van der Waals surface area contributed by atoms with Gasteiger partial charge in [-0.2, -0.15) is 0 Å². The fourth-order valence-electron chi connectivity index (χ4n) is 2.53. The van der Waals surface area contributed by atoms with Crippen molar-refractivity contribution in [3.63, 3.8) is 0 Å². The van der Waals surface area contributed by atoms with Crippen molar-refractivity contribution in [2.45, 2.75) is 52.2 Å². The Hall–Kier alpha value is -1.30. The maximum Gasteiger partial charge on any atom is 0.410 e. The molecular weight excluding hydrogens is 260 g/mol. The molecule has 0 bridgehead atoms. The second-order valence-corrected chi connectivity index (χ2v) is 6.64. The first-order chi connectivity index (χ1) is 9.09. The monoisotopic (exact) mass is 286 g/mol. The number of hydrogen-bond donors (Lipinski definition) is 1. The van der Waals surface area contributed by atoms with Gasteiger partial charge in [0.1, 0.15) is 11.7 Å². The molecule has 1 unspecified atom stereocenters. The number of ether oxygens (including phenoxy) is 2. The molecule has 0 aromatic heterocycles. The molecule has 1 fully saturated rings.